The third kappa shape index (κ3) is 1.07. The van der Waals surface area contributed by atoms with Gasteiger partial charge in [0, 0.05) is 0 Å². The first kappa shape index (κ1) is 10.1. The summed E-state index contributed by atoms with van der Waals surface area (Å²) in [6.45, 7) is -1.68. The van der Waals surface area contributed by atoms with E-state index in [1.165, 1.54) is 0 Å². The molecule has 0 aliphatic carbocycles. The maximum atomic E-state index is 11.9. The molecule has 0 aromatic carbocycles. The van der Waals surface area contributed by atoms with Crippen molar-refractivity contribution in [1.29, 1.82) is 0 Å². The van der Waals surface area contributed by atoms with Gasteiger partial charge in [-0.1, -0.05) is 0 Å². The van der Waals surface area contributed by atoms with Crippen molar-refractivity contribution in [3.05, 3.63) is 0 Å². The highest BCUT2D eigenvalue weighted by Gasteiger charge is 2.81. The summed E-state index contributed by atoms with van der Waals surface area (Å²) in [5, 5.41) is 0. The largest absolute Gasteiger partial charge is 0.463 e. The molecule has 0 spiro atoms. The molecule has 0 saturated carbocycles. The monoisotopic (exact) mass is 208 g/mol. The quantitative estimate of drug-likeness (QED) is 0.447. The van der Waals surface area contributed by atoms with Gasteiger partial charge >= 0.3 is 18.3 Å². The van der Waals surface area contributed by atoms with E-state index in [-0.39, 0.29) is 0 Å². The number of ether oxygens (including phenoxy) is 1. The lowest BCUT2D eigenvalue weighted by Crippen LogP contribution is -2.66. The molecule has 2 nitrogen and oxygen atoms in total. The number of alkyl halides is 6. The number of carbonyl (C=O) groups is 1. The Kier molecular flexibility index (Phi) is 1.79. The molecule has 1 aliphatic heterocycles. The number of rotatable bonds is 0. The van der Waals surface area contributed by atoms with E-state index in [0.29, 0.717) is 0 Å². The van der Waals surface area contributed by atoms with E-state index < -0.39 is 30.3 Å². The van der Waals surface area contributed by atoms with Crippen molar-refractivity contribution >= 4 is 5.97 Å². The zero-order chi connectivity index (χ0) is 10.5. The minimum Gasteiger partial charge on any atom is -0.463 e. The van der Waals surface area contributed by atoms with Crippen LogP contribution in [-0.2, 0) is 9.53 Å². The van der Waals surface area contributed by atoms with Gasteiger partial charge in [0.25, 0.3) is 5.41 Å². The predicted molar refractivity (Wildman–Crippen MR) is 25.5 cm³/mol. The van der Waals surface area contributed by atoms with E-state index >= 15 is 0 Å². The van der Waals surface area contributed by atoms with E-state index in [9.17, 15) is 31.1 Å². The lowest BCUT2D eigenvalue weighted by molar-refractivity contribution is -0.367. The second-order valence-electron chi connectivity index (χ2n) is 2.48. The summed E-state index contributed by atoms with van der Waals surface area (Å²) in [5.74, 6) is -2.28. The van der Waals surface area contributed by atoms with Crippen LogP contribution in [0.1, 0.15) is 0 Å². The normalized spacial score (nSPS) is 22.2. The van der Waals surface area contributed by atoms with Gasteiger partial charge in [-0.2, -0.15) is 26.3 Å². The first-order valence-corrected chi connectivity index (χ1v) is 2.93. The summed E-state index contributed by atoms with van der Waals surface area (Å²) in [6.07, 6.45) is -11.3. The Morgan fingerprint density at radius 3 is 1.46 bits per heavy atom. The molecule has 1 fully saturated rings. The molecule has 8 heteroatoms. The van der Waals surface area contributed by atoms with Crippen molar-refractivity contribution in [3.63, 3.8) is 0 Å². The molecule has 0 atom stereocenters. The maximum absolute atomic E-state index is 11.9. The maximum Gasteiger partial charge on any atom is 0.417 e. The van der Waals surface area contributed by atoms with Gasteiger partial charge in [0.15, 0.2) is 0 Å². The van der Waals surface area contributed by atoms with Crippen LogP contribution in [0.4, 0.5) is 26.3 Å². The Morgan fingerprint density at radius 2 is 1.46 bits per heavy atom. The molecule has 0 amide bonds. The Morgan fingerprint density at radius 1 is 1.08 bits per heavy atom. The highest BCUT2D eigenvalue weighted by molar-refractivity contribution is 5.84. The fourth-order valence-corrected chi connectivity index (χ4v) is 0.831. The van der Waals surface area contributed by atoms with Crippen LogP contribution in [0.2, 0.25) is 0 Å². The second-order valence-corrected chi connectivity index (χ2v) is 2.48. The van der Waals surface area contributed by atoms with Gasteiger partial charge in [0.1, 0.15) is 6.61 Å². The van der Waals surface area contributed by atoms with Gasteiger partial charge in [0.05, 0.1) is 0 Å². The minimum atomic E-state index is -5.65. The lowest BCUT2D eigenvalue weighted by atomic mass is 9.83. The number of cyclic esters (lactones) is 1. The first-order valence-electron chi connectivity index (χ1n) is 2.93. The number of halogens is 6. The van der Waals surface area contributed by atoms with Crippen molar-refractivity contribution in [1.82, 2.24) is 0 Å². The molecule has 1 aliphatic rings. The number of hydrogen-bond donors (Lipinski definition) is 0. The molecule has 1 rings (SSSR count). The van der Waals surface area contributed by atoms with Gasteiger partial charge in [-0.05, 0) is 0 Å². The average Bonchev–Trinajstić information content (AvgIpc) is 1.77. The second kappa shape index (κ2) is 2.30. The molecule has 76 valence electrons. The topological polar surface area (TPSA) is 26.3 Å². The van der Waals surface area contributed by atoms with Gasteiger partial charge in [-0.25, -0.2) is 0 Å². The summed E-state index contributed by atoms with van der Waals surface area (Å²) in [7, 11) is 0. The molecular weight excluding hydrogens is 206 g/mol. The molecule has 0 unspecified atom stereocenters. The van der Waals surface area contributed by atoms with Gasteiger partial charge in [-0.15, -0.1) is 0 Å². The van der Waals surface area contributed by atoms with E-state index in [4.69, 9.17) is 0 Å². The first-order chi connectivity index (χ1) is 5.63. The van der Waals surface area contributed by atoms with Crippen LogP contribution in [0.5, 0.6) is 0 Å². The fraction of sp³-hybridized carbons (Fsp3) is 0.800. The van der Waals surface area contributed by atoms with Crippen molar-refractivity contribution in [2.24, 2.45) is 5.41 Å². The third-order valence-corrected chi connectivity index (χ3v) is 1.74. The zero-order valence-electron chi connectivity index (χ0n) is 5.79. The predicted octanol–water partition coefficient (Wildman–Crippen LogP) is 1.65. The smallest absolute Gasteiger partial charge is 0.417 e. The van der Waals surface area contributed by atoms with E-state index in [1.807, 2.05) is 0 Å². The van der Waals surface area contributed by atoms with Crippen LogP contribution in [0, 0.1) is 5.41 Å². The Hall–Kier alpha value is -0.950. The van der Waals surface area contributed by atoms with Crippen LogP contribution in [0.3, 0.4) is 0 Å². The SMILES string of the molecule is O=C1OCC1(C(F)(F)F)C(F)(F)F. The Labute approximate surface area is 67.5 Å². The number of hydrogen-bond acceptors (Lipinski definition) is 2. The number of carbonyl (C=O) groups excluding carboxylic acids is 1. The van der Waals surface area contributed by atoms with Crippen LogP contribution in [0.25, 0.3) is 0 Å². The van der Waals surface area contributed by atoms with Crippen molar-refractivity contribution in [2.75, 3.05) is 6.61 Å². The molecule has 0 aromatic rings. The van der Waals surface area contributed by atoms with Crippen LogP contribution in [0.15, 0.2) is 0 Å². The minimum absolute atomic E-state index is 1.68. The van der Waals surface area contributed by atoms with Crippen LogP contribution < -0.4 is 0 Å². The molecule has 0 aromatic heterocycles. The highest BCUT2D eigenvalue weighted by Crippen LogP contribution is 2.55. The molecule has 1 heterocycles. The molecule has 1 saturated heterocycles. The summed E-state index contributed by atoms with van der Waals surface area (Å²) in [4.78, 5) is 10.2. The summed E-state index contributed by atoms with van der Waals surface area (Å²) < 4.78 is 74.8. The number of esters is 1. The van der Waals surface area contributed by atoms with Crippen molar-refractivity contribution in [2.45, 2.75) is 12.4 Å². The standard InChI is InChI=1S/C5H2F6O2/c6-4(7,8)3(5(9,10)11)1-13-2(3)12/h1H2. The molecule has 0 N–H and O–H groups in total. The molecule has 0 radical (unpaired) electrons. The molecular formula is C5H2F6O2. The molecule has 0 bridgehead atoms. The Bertz CT molecular complexity index is 224. The lowest BCUT2D eigenvalue weighted by Gasteiger charge is -2.40. The van der Waals surface area contributed by atoms with Gasteiger partial charge < -0.3 is 4.74 Å². The van der Waals surface area contributed by atoms with Gasteiger partial charge in [-0.3, -0.25) is 4.79 Å². The summed E-state index contributed by atoms with van der Waals surface area (Å²) in [6, 6.07) is 0. The van der Waals surface area contributed by atoms with Crippen LogP contribution in [-0.4, -0.2) is 24.9 Å². The summed E-state index contributed by atoms with van der Waals surface area (Å²) >= 11 is 0. The van der Waals surface area contributed by atoms with Crippen molar-refractivity contribution < 1.29 is 35.9 Å². The summed E-state index contributed by atoms with van der Waals surface area (Å²) in [5.41, 5.74) is -4.31. The average molecular weight is 208 g/mol. The highest BCUT2D eigenvalue weighted by atomic mass is 19.4. The van der Waals surface area contributed by atoms with E-state index in [2.05, 4.69) is 4.74 Å². The Balaban J connectivity index is 3.12. The van der Waals surface area contributed by atoms with E-state index in [1.54, 1.807) is 0 Å². The van der Waals surface area contributed by atoms with Crippen molar-refractivity contribution in [3.8, 4) is 0 Å². The zero-order valence-corrected chi connectivity index (χ0v) is 5.79. The van der Waals surface area contributed by atoms with E-state index in [0.717, 1.165) is 0 Å². The molecule has 13 heavy (non-hydrogen) atoms. The van der Waals surface area contributed by atoms with Gasteiger partial charge in [0.2, 0.25) is 0 Å². The fourth-order valence-electron chi connectivity index (χ4n) is 0.831. The van der Waals surface area contributed by atoms with Crippen LogP contribution >= 0.6 is 0 Å². The third-order valence-electron chi connectivity index (χ3n) is 1.74.